The van der Waals surface area contributed by atoms with E-state index < -0.39 is 5.79 Å². The van der Waals surface area contributed by atoms with Gasteiger partial charge in [-0.15, -0.1) is 0 Å². The molecule has 0 aliphatic carbocycles. The van der Waals surface area contributed by atoms with Gasteiger partial charge in [-0.2, -0.15) is 0 Å². The van der Waals surface area contributed by atoms with Crippen LogP contribution >= 0.6 is 0 Å². The summed E-state index contributed by atoms with van der Waals surface area (Å²) in [5.74, 6) is -0.839. The van der Waals surface area contributed by atoms with E-state index in [9.17, 15) is 0 Å². The molecule has 0 bridgehead atoms. The molecule has 0 aromatic heterocycles. The van der Waals surface area contributed by atoms with Crippen LogP contribution in [0.5, 0.6) is 0 Å². The van der Waals surface area contributed by atoms with Crippen LogP contribution < -0.4 is 0 Å². The summed E-state index contributed by atoms with van der Waals surface area (Å²) in [5, 5.41) is 7.81. The zero-order chi connectivity index (χ0) is 16.8. The first-order valence-corrected chi connectivity index (χ1v) is 8.92. The molecule has 1 N–H and O–H groups in total. The van der Waals surface area contributed by atoms with Crippen molar-refractivity contribution in [3.63, 3.8) is 0 Å². The summed E-state index contributed by atoms with van der Waals surface area (Å²) >= 11 is 0. The van der Waals surface area contributed by atoms with Gasteiger partial charge in [0.05, 0.1) is 19.4 Å². The van der Waals surface area contributed by atoms with E-state index in [1.807, 2.05) is 0 Å². The molecular weight excluding hydrogens is 286 g/mol. The van der Waals surface area contributed by atoms with Crippen molar-refractivity contribution >= 4 is 6.21 Å². The molecule has 3 nitrogen and oxygen atoms in total. The average molecular weight is 317 g/mol. The van der Waals surface area contributed by atoms with Crippen LogP contribution in [0.1, 0.15) is 57.1 Å². The number of rotatable bonds is 8. The zero-order valence-electron chi connectivity index (χ0n) is 14.9. The van der Waals surface area contributed by atoms with E-state index in [0.29, 0.717) is 19.6 Å². The molecule has 23 heavy (non-hydrogen) atoms. The molecule has 0 saturated carbocycles. The Balaban J connectivity index is 1.99. The Morgan fingerprint density at radius 1 is 1.09 bits per heavy atom. The highest BCUT2D eigenvalue weighted by Gasteiger charge is 2.42. The van der Waals surface area contributed by atoms with E-state index in [1.165, 1.54) is 17.3 Å². The van der Waals surface area contributed by atoms with E-state index in [2.05, 4.69) is 45.0 Å². The second kappa shape index (κ2) is 8.07. The van der Waals surface area contributed by atoms with Crippen molar-refractivity contribution in [3.8, 4) is 0 Å². The van der Waals surface area contributed by atoms with E-state index in [1.54, 1.807) is 0 Å². The van der Waals surface area contributed by atoms with Crippen LogP contribution in [0, 0.1) is 17.7 Å². The van der Waals surface area contributed by atoms with Gasteiger partial charge in [0.15, 0.2) is 0 Å². The molecule has 128 valence electrons. The smallest absolute Gasteiger partial charge is 0.204 e. The maximum atomic E-state index is 7.81. The topological polar surface area (TPSA) is 42.3 Å². The van der Waals surface area contributed by atoms with Crippen molar-refractivity contribution in [1.29, 1.82) is 5.41 Å². The molecule has 0 spiro atoms. The van der Waals surface area contributed by atoms with E-state index in [0.717, 1.165) is 32.1 Å². The van der Waals surface area contributed by atoms with Crippen molar-refractivity contribution in [1.82, 2.24) is 0 Å². The Kier molecular flexibility index (Phi) is 6.37. The highest BCUT2D eigenvalue weighted by atomic mass is 16.7. The van der Waals surface area contributed by atoms with Crippen LogP contribution in [0.15, 0.2) is 24.3 Å². The quantitative estimate of drug-likeness (QED) is 0.692. The summed E-state index contributed by atoms with van der Waals surface area (Å²) in [6.07, 6.45) is 7.48. The molecule has 3 heteroatoms. The minimum absolute atomic E-state index is 0.138. The molecule has 1 saturated heterocycles. The number of hydrogen-bond acceptors (Lipinski definition) is 3. The molecule has 0 amide bonds. The Hall–Kier alpha value is -1.19. The van der Waals surface area contributed by atoms with Crippen LogP contribution in [0.2, 0.25) is 0 Å². The van der Waals surface area contributed by atoms with Gasteiger partial charge in [-0.1, -0.05) is 56.5 Å². The van der Waals surface area contributed by atoms with Gasteiger partial charge >= 0.3 is 0 Å². The standard InChI is InChI=1S/C20H31NO2/c1-4-10-19(11-5-2)15-22-20(14-21,23-16-19)12-9-18-8-6-7-17(3)13-18/h6-8,13-14,21H,4-5,9-12,15-16H2,1-3H3. The number of ether oxygens (including phenoxy) is 2. The molecule has 1 aliphatic rings. The number of nitrogens with one attached hydrogen (secondary N) is 1. The lowest BCUT2D eigenvalue weighted by molar-refractivity contribution is -0.269. The first kappa shape index (κ1) is 18.2. The molecule has 0 unspecified atom stereocenters. The molecule has 0 atom stereocenters. The summed E-state index contributed by atoms with van der Waals surface area (Å²) in [6, 6.07) is 8.51. The van der Waals surface area contributed by atoms with Crippen LogP contribution in [-0.2, 0) is 15.9 Å². The van der Waals surface area contributed by atoms with E-state index in [4.69, 9.17) is 14.9 Å². The van der Waals surface area contributed by atoms with Gasteiger partial charge in [0, 0.05) is 11.8 Å². The number of hydrogen-bond donors (Lipinski definition) is 1. The summed E-state index contributed by atoms with van der Waals surface area (Å²) in [4.78, 5) is 0. The lowest BCUT2D eigenvalue weighted by atomic mass is 9.80. The maximum absolute atomic E-state index is 7.81. The lowest BCUT2D eigenvalue weighted by Crippen LogP contribution is -2.50. The van der Waals surface area contributed by atoms with E-state index in [-0.39, 0.29) is 5.41 Å². The Morgan fingerprint density at radius 3 is 2.26 bits per heavy atom. The average Bonchev–Trinajstić information content (AvgIpc) is 2.56. The fourth-order valence-electron chi connectivity index (χ4n) is 3.59. The van der Waals surface area contributed by atoms with Gasteiger partial charge < -0.3 is 14.9 Å². The SMILES string of the molecule is CCCC1(CCC)COC(C=N)(CCc2cccc(C)c2)OC1. The number of benzene rings is 1. The van der Waals surface area contributed by atoms with Gasteiger partial charge in [-0.3, -0.25) is 0 Å². The highest BCUT2D eigenvalue weighted by molar-refractivity contribution is 5.63. The van der Waals surface area contributed by atoms with Crippen LogP contribution in [0.4, 0.5) is 0 Å². The molecular formula is C20H31NO2. The molecule has 2 rings (SSSR count). The summed E-state index contributed by atoms with van der Waals surface area (Å²) in [7, 11) is 0. The van der Waals surface area contributed by atoms with Crippen LogP contribution in [-0.4, -0.2) is 25.2 Å². The normalized spacial score (nSPS) is 19.4. The Labute approximate surface area is 140 Å². The fraction of sp³-hybridized carbons (Fsp3) is 0.650. The Morgan fingerprint density at radius 2 is 1.74 bits per heavy atom. The van der Waals surface area contributed by atoms with Crippen molar-refractivity contribution in [2.75, 3.05) is 13.2 Å². The largest absolute Gasteiger partial charge is 0.344 e. The highest BCUT2D eigenvalue weighted by Crippen LogP contribution is 2.38. The van der Waals surface area contributed by atoms with Crippen molar-refractivity contribution in [3.05, 3.63) is 35.4 Å². The van der Waals surface area contributed by atoms with Crippen LogP contribution in [0.3, 0.4) is 0 Å². The first-order chi connectivity index (χ1) is 11.1. The fourth-order valence-corrected chi connectivity index (χ4v) is 3.59. The summed E-state index contributed by atoms with van der Waals surface area (Å²) in [6.45, 7) is 7.95. The number of aryl methyl sites for hydroxylation is 2. The van der Waals surface area contributed by atoms with Crippen LogP contribution in [0.25, 0.3) is 0 Å². The second-order valence-electron chi connectivity index (χ2n) is 7.02. The van der Waals surface area contributed by atoms with E-state index >= 15 is 0 Å². The molecule has 1 aliphatic heterocycles. The van der Waals surface area contributed by atoms with Gasteiger partial charge in [0.2, 0.25) is 5.79 Å². The molecule has 0 radical (unpaired) electrons. The second-order valence-corrected chi connectivity index (χ2v) is 7.02. The Bertz CT molecular complexity index is 496. The van der Waals surface area contributed by atoms with Crippen molar-refractivity contribution in [2.45, 2.75) is 65.1 Å². The van der Waals surface area contributed by atoms with Gasteiger partial charge in [-0.05, 0) is 31.7 Å². The minimum Gasteiger partial charge on any atom is -0.344 e. The zero-order valence-corrected chi connectivity index (χ0v) is 14.9. The minimum atomic E-state index is -0.839. The van der Waals surface area contributed by atoms with Crippen molar-refractivity contribution in [2.24, 2.45) is 5.41 Å². The first-order valence-electron chi connectivity index (χ1n) is 8.92. The summed E-state index contributed by atoms with van der Waals surface area (Å²) < 4.78 is 12.2. The third kappa shape index (κ3) is 4.65. The molecule has 1 aromatic carbocycles. The summed E-state index contributed by atoms with van der Waals surface area (Å²) in [5.41, 5.74) is 2.68. The predicted octanol–water partition coefficient (Wildman–Crippen LogP) is 4.91. The maximum Gasteiger partial charge on any atom is 0.204 e. The third-order valence-corrected chi connectivity index (χ3v) is 4.87. The van der Waals surface area contributed by atoms with Gasteiger partial charge in [-0.25, -0.2) is 0 Å². The third-order valence-electron chi connectivity index (χ3n) is 4.87. The monoisotopic (exact) mass is 317 g/mol. The van der Waals surface area contributed by atoms with Gasteiger partial charge in [0.1, 0.15) is 0 Å². The molecule has 1 heterocycles. The lowest BCUT2D eigenvalue weighted by Gasteiger charge is -2.45. The predicted molar refractivity (Wildman–Crippen MR) is 95.2 cm³/mol. The molecule has 1 aromatic rings. The van der Waals surface area contributed by atoms with Gasteiger partial charge in [0.25, 0.3) is 0 Å². The van der Waals surface area contributed by atoms with Crippen molar-refractivity contribution < 1.29 is 9.47 Å². The molecule has 1 fully saturated rings.